The number of rotatable bonds is 15. The van der Waals surface area contributed by atoms with Crippen LogP contribution in [0, 0.1) is 51.4 Å². The van der Waals surface area contributed by atoms with E-state index in [0.29, 0.717) is 26.4 Å². The normalized spacial score (nSPS) is 17.2. The van der Waals surface area contributed by atoms with Gasteiger partial charge < -0.3 is 27.6 Å². The Balaban J connectivity index is 0.000000257. The van der Waals surface area contributed by atoms with Gasteiger partial charge in [0.15, 0.2) is 16.6 Å². The van der Waals surface area contributed by atoms with E-state index in [1.165, 1.54) is 61.2 Å². The predicted octanol–water partition coefficient (Wildman–Crippen LogP) is 15.7. The van der Waals surface area contributed by atoms with Gasteiger partial charge in [-0.05, 0) is 201 Å². The Labute approximate surface area is 508 Å². The van der Waals surface area contributed by atoms with Crippen LogP contribution in [0.5, 0.6) is 0 Å². The topological polar surface area (TPSA) is 102 Å². The van der Waals surface area contributed by atoms with E-state index in [-0.39, 0.29) is 35.3 Å². The fourth-order valence-corrected chi connectivity index (χ4v) is 15.3. The Morgan fingerprint density at radius 2 is 0.917 bits per heavy atom. The third kappa shape index (κ3) is 16.0. The van der Waals surface area contributed by atoms with Gasteiger partial charge in [-0.15, -0.1) is 0 Å². The van der Waals surface area contributed by atoms with E-state index in [1.54, 1.807) is 0 Å². The molecule has 0 unspecified atom stereocenters. The average Bonchev–Trinajstić information content (AvgIpc) is 1.73. The smallest absolute Gasteiger partial charge is 0.401 e. The van der Waals surface area contributed by atoms with Crippen molar-refractivity contribution in [2.45, 2.75) is 220 Å². The molecule has 0 aliphatic carbocycles. The predicted molar refractivity (Wildman–Crippen MR) is 349 cm³/mol. The molecule has 8 rings (SSSR count). The number of carbonyl (C=O) groups excluding carboxylic acids is 2. The molecule has 0 atom stereocenters. The molecule has 3 saturated heterocycles. The van der Waals surface area contributed by atoms with Gasteiger partial charge in [0, 0.05) is 65.6 Å². The zero-order valence-corrected chi connectivity index (χ0v) is 56.6. The summed E-state index contributed by atoms with van der Waals surface area (Å²) in [5.41, 5.74) is 15.7. The molecule has 3 aliphatic heterocycles. The quantitative estimate of drug-likeness (QED) is 0.0749. The lowest BCUT2D eigenvalue weighted by molar-refractivity contribution is -0.191. The number of aryl methyl sites for hydroxylation is 5. The van der Waals surface area contributed by atoms with Crippen molar-refractivity contribution >= 4 is 35.4 Å². The highest BCUT2D eigenvalue weighted by Crippen LogP contribution is 2.43. The highest BCUT2D eigenvalue weighted by atomic mass is 28.4. The molecule has 3 fully saturated rings. The molecule has 0 spiro atoms. The maximum atomic E-state index is 8.12. The molecule has 0 bridgehead atoms. The lowest BCUT2D eigenvalue weighted by atomic mass is 9.68. The van der Waals surface area contributed by atoms with E-state index in [9.17, 15) is 0 Å². The largest absolute Gasteiger partial charge is 0.495 e. The number of benzene rings is 4. The fraction of sp³-hybridized carbons (Fsp3) is 0.528. The Morgan fingerprint density at radius 3 is 1.27 bits per heavy atom. The molecule has 3 aliphatic rings. The first-order chi connectivity index (χ1) is 39.5. The second-order valence-electron chi connectivity index (χ2n) is 26.5. The summed E-state index contributed by atoms with van der Waals surface area (Å²) in [7, 11) is -3.85. The Morgan fingerprint density at radius 1 is 0.536 bits per heavy atom. The number of pyridine rings is 1. The molecule has 1 aromatic heterocycles. The van der Waals surface area contributed by atoms with E-state index in [0.717, 1.165) is 74.4 Å². The van der Waals surface area contributed by atoms with Crippen LogP contribution in [0.25, 0.3) is 11.1 Å². The van der Waals surface area contributed by atoms with Gasteiger partial charge in [-0.1, -0.05) is 125 Å². The van der Waals surface area contributed by atoms with Crippen LogP contribution in [0.3, 0.4) is 0 Å². The molecule has 84 heavy (non-hydrogen) atoms. The molecule has 9 nitrogen and oxygen atoms in total. The number of nitrogens with zero attached hydrogens (tertiary/aromatic N) is 1. The van der Waals surface area contributed by atoms with Crippen LogP contribution in [0.2, 0.25) is 39.3 Å². The van der Waals surface area contributed by atoms with E-state index in [2.05, 4.69) is 237 Å². The van der Waals surface area contributed by atoms with Crippen LogP contribution in [0.15, 0.2) is 91.3 Å². The fourth-order valence-electron chi connectivity index (χ4n) is 12.4. The highest BCUT2D eigenvalue weighted by Gasteiger charge is 2.52. The number of aromatic nitrogens is 1. The highest BCUT2D eigenvalue weighted by molar-refractivity contribution is 6.70. The van der Waals surface area contributed by atoms with Crippen LogP contribution < -0.4 is 5.46 Å². The molecule has 0 saturated carbocycles. The number of hydrogen-bond acceptors (Lipinski definition) is 9. The Bertz CT molecular complexity index is 3200. The van der Waals surface area contributed by atoms with Crippen molar-refractivity contribution < 1.29 is 37.2 Å². The van der Waals surface area contributed by atoms with E-state index >= 15 is 0 Å². The summed E-state index contributed by atoms with van der Waals surface area (Å²) < 4.78 is 37.3. The van der Waals surface area contributed by atoms with E-state index in [1.807, 2.05) is 12.4 Å². The van der Waals surface area contributed by atoms with Crippen molar-refractivity contribution in [3.63, 3.8) is 0 Å². The summed E-state index contributed by atoms with van der Waals surface area (Å²) in [6.45, 7) is 44.9. The minimum atomic E-state index is -1.76. The van der Waals surface area contributed by atoms with Gasteiger partial charge in [0.05, 0.1) is 37.6 Å². The summed E-state index contributed by atoms with van der Waals surface area (Å²) >= 11 is 0. The van der Waals surface area contributed by atoms with Crippen molar-refractivity contribution in [3.8, 4) is 34.8 Å². The molecule has 0 amide bonds. The zero-order valence-electron chi connectivity index (χ0n) is 54.6. The number of ether oxygens (including phenoxy) is 2. The van der Waals surface area contributed by atoms with E-state index < -0.39 is 27.8 Å². The van der Waals surface area contributed by atoms with E-state index in [4.69, 9.17) is 37.2 Å². The second-order valence-corrected chi connectivity index (χ2v) is 35.3. The minimum Gasteiger partial charge on any atom is -0.401 e. The lowest BCUT2D eigenvalue weighted by Gasteiger charge is -2.38. The van der Waals surface area contributed by atoms with Crippen LogP contribution in [0.1, 0.15) is 175 Å². The average molecular weight is 1170 g/mol. The summed E-state index contributed by atoms with van der Waals surface area (Å²) in [6.07, 6.45) is 12.6. The van der Waals surface area contributed by atoms with Gasteiger partial charge in [-0.3, -0.25) is 4.98 Å². The van der Waals surface area contributed by atoms with Crippen molar-refractivity contribution in [1.29, 1.82) is 0 Å². The molecular weight excluding hydrogens is 1070 g/mol. The lowest BCUT2D eigenvalue weighted by Crippen LogP contribution is -2.45. The van der Waals surface area contributed by atoms with Crippen LogP contribution >= 0.6 is 0 Å². The second kappa shape index (κ2) is 28.1. The minimum absolute atomic E-state index is 0.0492. The summed E-state index contributed by atoms with van der Waals surface area (Å²) in [5, 5.41) is 0. The molecule has 4 aromatic carbocycles. The van der Waals surface area contributed by atoms with Gasteiger partial charge in [-0.2, -0.15) is 9.59 Å². The van der Waals surface area contributed by atoms with Crippen LogP contribution in [-0.4, -0.2) is 83.7 Å². The number of hydrogen-bond donors (Lipinski definition) is 0. The SMILES string of the molecule is CCC(CC)(c1ccc(C#CC2(O[Si](C)(C)C)CCOCC2)c(C)c1)c1ccc(B2OC(C)(C)C(C)(C)O2)c(C)c1.CCc1cncc(-c2ccc(C(CC)(CC)c3ccc(C#CC4(O[Si](C)(C)C)CCOCC4)c(C)c3)cc2C)c1.O=C=O. The van der Waals surface area contributed by atoms with Crippen molar-refractivity contribution in [2.75, 3.05) is 26.4 Å². The standard InChI is InChI=1S/C36H47NO2Si.C35H51BO4Si.CO2/c1-9-29-24-31(26-37-25-29)34-15-14-33(23-28(34)5)36(10-2,11-3)32-13-12-30(27(4)22-32)16-17-35(39-40(6,7)8)18-20-38-21-19-35;1-12-35(13-2,30-16-17-31(27(4)25-30)36-38-32(5,6)33(7,8)39-36)29-15-14-28(26(3)24-29)18-19-34(40-41(9,10)11)20-22-37-23-21-34;2-1-3/h12-15,22-26H,9-11,18-21H2,1-8H3;14-17,24-25H,12-13,20-23H2,1-11H3;. The summed E-state index contributed by atoms with van der Waals surface area (Å²) in [6, 6.07) is 29.9. The summed E-state index contributed by atoms with van der Waals surface area (Å²) in [5.74, 6) is 14.2. The first-order valence-corrected chi connectivity index (χ1v) is 37.7. The van der Waals surface area contributed by atoms with Crippen LogP contribution in [0.4, 0.5) is 0 Å². The van der Waals surface area contributed by atoms with Crippen molar-refractivity contribution in [1.82, 2.24) is 4.98 Å². The molecule has 450 valence electrons. The molecule has 4 heterocycles. The van der Waals surface area contributed by atoms with Gasteiger partial charge in [0.25, 0.3) is 0 Å². The monoisotopic (exact) mass is 1170 g/mol. The van der Waals surface area contributed by atoms with Crippen molar-refractivity contribution in [3.05, 3.63) is 152 Å². The van der Waals surface area contributed by atoms with Gasteiger partial charge >= 0.3 is 13.3 Å². The first kappa shape index (κ1) is 67.9. The molecule has 0 N–H and O–H groups in total. The molecule has 0 radical (unpaired) electrons. The third-order valence-electron chi connectivity index (χ3n) is 18.0. The Kier molecular flexibility index (Phi) is 22.7. The van der Waals surface area contributed by atoms with Crippen molar-refractivity contribution in [2.24, 2.45) is 0 Å². The van der Waals surface area contributed by atoms with Gasteiger partial charge in [0.2, 0.25) is 0 Å². The van der Waals surface area contributed by atoms with Crippen LogP contribution in [-0.2, 0) is 54.5 Å². The molecular formula is C72H98BNO8Si2. The Hall–Kier alpha value is -5.21. The zero-order chi connectivity index (χ0) is 61.9. The maximum Gasteiger partial charge on any atom is 0.495 e. The third-order valence-corrected chi connectivity index (χ3v) is 20.1. The van der Waals surface area contributed by atoms with Gasteiger partial charge in [0.1, 0.15) is 11.2 Å². The summed E-state index contributed by atoms with van der Waals surface area (Å²) in [4.78, 5) is 20.7. The first-order valence-electron chi connectivity index (χ1n) is 30.9. The maximum absolute atomic E-state index is 8.12. The molecule has 12 heteroatoms. The van der Waals surface area contributed by atoms with Gasteiger partial charge in [-0.25, -0.2) is 0 Å². The molecule has 5 aromatic rings.